The molecule has 1 nitrogen and oxygen atoms in total. The second-order valence-electron chi connectivity index (χ2n) is 7.29. The smallest absolute Gasteiger partial charge is 0.128 e. The van der Waals surface area contributed by atoms with Gasteiger partial charge in [0.25, 0.3) is 0 Å². The fourth-order valence-electron chi connectivity index (χ4n) is 4.48. The number of aliphatic imine (C=N–C) groups is 1. The second-order valence-corrected chi connectivity index (χ2v) is 11.3. The molecule has 2 heteroatoms. The minimum absolute atomic E-state index is 0.208. The van der Waals surface area contributed by atoms with Crippen molar-refractivity contribution in [1.82, 2.24) is 0 Å². The lowest BCUT2D eigenvalue weighted by molar-refractivity contribution is 0.928. The van der Waals surface area contributed by atoms with Gasteiger partial charge in [0, 0.05) is 5.71 Å². The van der Waals surface area contributed by atoms with E-state index in [1.54, 1.807) is 0 Å². The fraction of sp³-hybridized carbons (Fsp3) is 0.125. The monoisotopic (exact) mass is 351 g/mol. The Kier molecular flexibility index (Phi) is 3.72. The summed E-state index contributed by atoms with van der Waals surface area (Å²) in [5.74, 6) is 0. The van der Waals surface area contributed by atoms with Crippen molar-refractivity contribution in [2.75, 3.05) is 0 Å². The van der Waals surface area contributed by atoms with Crippen LogP contribution < -0.4 is 10.4 Å². The molecule has 1 atom stereocenters. The summed E-state index contributed by atoms with van der Waals surface area (Å²) in [6.07, 6.45) is 2.41. The summed E-state index contributed by atoms with van der Waals surface area (Å²) >= 11 is 0. The maximum atomic E-state index is 5.13. The largest absolute Gasteiger partial charge is 0.278 e. The van der Waals surface area contributed by atoms with E-state index in [0.717, 1.165) is 6.04 Å². The number of benzene rings is 3. The highest BCUT2D eigenvalue weighted by atomic mass is 28.3. The summed E-state index contributed by atoms with van der Waals surface area (Å²) in [5.41, 5.74) is 4.13. The number of nitrogens with zero attached hydrogens (tertiary/aromatic N) is 1. The van der Waals surface area contributed by atoms with Crippen molar-refractivity contribution in [3.8, 4) is 0 Å². The van der Waals surface area contributed by atoms with E-state index in [0.29, 0.717) is 0 Å². The van der Waals surface area contributed by atoms with Crippen molar-refractivity contribution < 1.29 is 0 Å². The zero-order valence-electron chi connectivity index (χ0n) is 14.7. The predicted molar refractivity (Wildman–Crippen MR) is 112 cm³/mol. The Labute approximate surface area is 155 Å². The van der Waals surface area contributed by atoms with Gasteiger partial charge < -0.3 is 0 Å². The first-order valence-electron chi connectivity index (χ1n) is 9.29. The Morgan fingerprint density at radius 3 is 1.73 bits per heavy atom. The third kappa shape index (κ3) is 2.49. The summed E-state index contributed by atoms with van der Waals surface area (Å²) in [6.45, 7) is 0. The van der Waals surface area contributed by atoms with Crippen LogP contribution in [0.1, 0.15) is 11.6 Å². The third-order valence-electron chi connectivity index (χ3n) is 5.78. The van der Waals surface area contributed by atoms with Gasteiger partial charge in [-0.2, -0.15) is 0 Å². The SMILES string of the molecule is C1=C2C[Si](c3ccccc3)(c3ccccc3)CC2=NC1c1ccccc1. The molecule has 2 aliphatic heterocycles. The van der Waals surface area contributed by atoms with Crippen LogP contribution in [0, 0.1) is 0 Å². The number of allylic oxidation sites excluding steroid dienone is 1. The quantitative estimate of drug-likeness (QED) is 0.621. The zero-order valence-corrected chi connectivity index (χ0v) is 15.7. The first-order chi connectivity index (χ1) is 12.9. The Morgan fingerprint density at radius 1 is 0.654 bits per heavy atom. The van der Waals surface area contributed by atoms with E-state index in [1.165, 1.54) is 33.3 Å². The molecule has 2 aliphatic rings. The van der Waals surface area contributed by atoms with Gasteiger partial charge in [0.05, 0.1) is 6.04 Å². The van der Waals surface area contributed by atoms with Crippen molar-refractivity contribution in [2.45, 2.75) is 18.1 Å². The van der Waals surface area contributed by atoms with Crippen LogP contribution in [0.3, 0.4) is 0 Å². The number of hydrogen-bond acceptors (Lipinski definition) is 1. The van der Waals surface area contributed by atoms with E-state index in [4.69, 9.17) is 4.99 Å². The van der Waals surface area contributed by atoms with Crippen LogP contribution in [0.4, 0.5) is 0 Å². The molecular weight excluding hydrogens is 330 g/mol. The van der Waals surface area contributed by atoms with Crippen molar-refractivity contribution in [2.24, 2.45) is 4.99 Å². The van der Waals surface area contributed by atoms with Crippen molar-refractivity contribution in [3.63, 3.8) is 0 Å². The molecule has 2 heterocycles. The minimum atomic E-state index is -1.81. The van der Waals surface area contributed by atoms with Gasteiger partial charge in [-0.25, -0.2) is 0 Å². The molecule has 0 amide bonds. The van der Waals surface area contributed by atoms with Crippen LogP contribution in [0.5, 0.6) is 0 Å². The van der Waals surface area contributed by atoms with Gasteiger partial charge in [0.1, 0.15) is 8.07 Å². The average molecular weight is 352 g/mol. The Balaban J connectivity index is 1.56. The Morgan fingerprint density at radius 2 is 1.19 bits per heavy atom. The molecule has 0 N–H and O–H groups in total. The highest BCUT2D eigenvalue weighted by Crippen LogP contribution is 2.40. The minimum Gasteiger partial charge on any atom is -0.278 e. The lowest BCUT2D eigenvalue weighted by atomic mass is 10.1. The van der Waals surface area contributed by atoms with Crippen LogP contribution in [0.15, 0.2) is 108 Å². The summed E-state index contributed by atoms with van der Waals surface area (Å²) in [5, 5.41) is 3.06. The molecule has 0 bridgehead atoms. The van der Waals surface area contributed by atoms with Crippen molar-refractivity contribution >= 4 is 24.2 Å². The third-order valence-corrected chi connectivity index (χ3v) is 10.6. The van der Waals surface area contributed by atoms with Gasteiger partial charge in [0.2, 0.25) is 0 Å². The molecule has 3 aromatic rings. The number of hydrogen-bond donors (Lipinski definition) is 0. The van der Waals surface area contributed by atoms with Crippen LogP contribution >= 0.6 is 0 Å². The maximum Gasteiger partial charge on any atom is 0.128 e. The van der Waals surface area contributed by atoms with Gasteiger partial charge in [0.15, 0.2) is 0 Å². The van der Waals surface area contributed by atoms with Crippen LogP contribution in [0.2, 0.25) is 12.1 Å². The molecule has 1 unspecified atom stereocenters. The fourth-order valence-corrected chi connectivity index (χ4v) is 9.28. The van der Waals surface area contributed by atoms with Gasteiger partial charge in [-0.3, -0.25) is 4.99 Å². The molecule has 0 aromatic heterocycles. The molecule has 3 aromatic carbocycles. The molecular formula is C24H21NSi. The summed E-state index contributed by atoms with van der Waals surface area (Å²) in [7, 11) is -1.81. The second kappa shape index (κ2) is 6.22. The van der Waals surface area contributed by atoms with Crippen molar-refractivity contribution in [3.05, 3.63) is 108 Å². The number of rotatable bonds is 3. The molecule has 26 heavy (non-hydrogen) atoms. The van der Waals surface area contributed by atoms with Crippen LogP contribution in [-0.2, 0) is 0 Å². The van der Waals surface area contributed by atoms with E-state index in [1.807, 2.05) is 0 Å². The zero-order chi connectivity index (χ0) is 17.4. The predicted octanol–water partition coefficient (Wildman–Crippen LogP) is 4.39. The molecule has 126 valence electrons. The standard InChI is InChI=1S/C24H21NSi/c1-4-10-19(11-5-1)23-16-20-17-26(18-24(20)25-23,21-12-6-2-7-13-21)22-14-8-3-9-15-22/h1-16,23H,17-18H2. The highest BCUT2D eigenvalue weighted by molar-refractivity contribution is 7.06. The van der Waals surface area contributed by atoms with E-state index in [2.05, 4.69) is 97.1 Å². The molecule has 0 saturated carbocycles. The Bertz CT molecular complexity index is 911. The van der Waals surface area contributed by atoms with Gasteiger partial charge in [-0.1, -0.05) is 107 Å². The summed E-state index contributed by atoms with van der Waals surface area (Å²) in [6, 6.07) is 35.5. The summed E-state index contributed by atoms with van der Waals surface area (Å²) < 4.78 is 0. The molecule has 1 fully saturated rings. The first kappa shape index (κ1) is 15.5. The maximum absolute atomic E-state index is 5.13. The lowest BCUT2D eigenvalue weighted by Crippen LogP contribution is -2.56. The highest BCUT2D eigenvalue weighted by Gasteiger charge is 2.46. The van der Waals surface area contributed by atoms with Gasteiger partial charge >= 0.3 is 0 Å². The lowest BCUT2D eigenvalue weighted by Gasteiger charge is -2.27. The number of fused-ring (bicyclic) bond motifs is 1. The topological polar surface area (TPSA) is 12.4 Å². The average Bonchev–Trinajstić information content (AvgIpc) is 3.27. The van der Waals surface area contributed by atoms with E-state index in [-0.39, 0.29) is 6.04 Å². The van der Waals surface area contributed by atoms with E-state index >= 15 is 0 Å². The summed E-state index contributed by atoms with van der Waals surface area (Å²) in [4.78, 5) is 5.13. The normalized spacial score (nSPS) is 20.4. The van der Waals surface area contributed by atoms with Crippen LogP contribution in [-0.4, -0.2) is 13.8 Å². The van der Waals surface area contributed by atoms with Crippen molar-refractivity contribution in [1.29, 1.82) is 0 Å². The molecule has 0 radical (unpaired) electrons. The molecule has 5 rings (SSSR count). The Hall–Kier alpha value is -2.71. The first-order valence-corrected chi connectivity index (χ1v) is 11.7. The molecule has 0 spiro atoms. The van der Waals surface area contributed by atoms with Gasteiger partial charge in [-0.15, -0.1) is 0 Å². The van der Waals surface area contributed by atoms with Gasteiger partial charge in [-0.05, 0) is 23.2 Å². The van der Waals surface area contributed by atoms with Crippen LogP contribution in [0.25, 0.3) is 0 Å². The molecule has 1 saturated heterocycles. The van der Waals surface area contributed by atoms with E-state index in [9.17, 15) is 0 Å². The molecule has 0 aliphatic carbocycles. The van der Waals surface area contributed by atoms with E-state index < -0.39 is 8.07 Å².